The Morgan fingerprint density at radius 3 is 2.43 bits per heavy atom. The molecule has 1 heterocycles. The number of anilines is 1. The Labute approximate surface area is 124 Å². The highest BCUT2D eigenvalue weighted by Crippen LogP contribution is 2.25. The fourth-order valence-electron chi connectivity index (χ4n) is 1.97. The van der Waals surface area contributed by atoms with Crippen molar-refractivity contribution in [2.45, 2.75) is 20.3 Å². The predicted molar refractivity (Wildman–Crippen MR) is 81.6 cm³/mol. The van der Waals surface area contributed by atoms with Crippen LogP contribution in [0.15, 0.2) is 28.7 Å². The van der Waals surface area contributed by atoms with Gasteiger partial charge in [0.25, 0.3) is 0 Å². The molecule has 1 aromatic carbocycles. The molecule has 0 aliphatic heterocycles. The smallest absolute Gasteiger partial charge is 0.376 e. The molecule has 0 amide bonds. The summed E-state index contributed by atoms with van der Waals surface area (Å²) in [6.07, 6.45) is 0.618. The largest absolute Gasteiger partial charge is 0.460 e. The maximum Gasteiger partial charge on any atom is 0.376 e. The van der Waals surface area contributed by atoms with Gasteiger partial charge in [0.15, 0.2) is 0 Å². The number of aryl methyl sites for hydroxylation is 1. The summed E-state index contributed by atoms with van der Waals surface area (Å²) in [6.45, 7) is 4.01. The van der Waals surface area contributed by atoms with Crippen LogP contribution in [0.3, 0.4) is 0 Å². The van der Waals surface area contributed by atoms with Gasteiger partial charge in [-0.3, -0.25) is 0 Å². The highest BCUT2D eigenvalue weighted by molar-refractivity contribution is 5.88. The second-order valence-electron chi connectivity index (χ2n) is 4.81. The van der Waals surface area contributed by atoms with Gasteiger partial charge in [0.2, 0.25) is 11.7 Å². The van der Waals surface area contributed by atoms with Crippen LogP contribution < -0.4 is 4.90 Å². The van der Waals surface area contributed by atoms with Gasteiger partial charge in [-0.1, -0.05) is 6.92 Å². The predicted octanol–water partition coefficient (Wildman–Crippen LogP) is 3.15. The van der Waals surface area contributed by atoms with E-state index in [9.17, 15) is 4.79 Å². The first-order chi connectivity index (χ1) is 10.1. The number of carbonyl (C=O) groups excluding carboxylic acids is 1. The second kappa shape index (κ2) is 6.43. The van der Waals surface area contributed by atoms with Crippen molar-refractivity contribution in [3.05, 3.63) is 35.7 Å². The molecule has 0 bridgehead atoms. The topological polar surface area (TPSA) is 55.6 Å². The molecule has 5 nitrogen and oxygen atoms in total. The fraction of sp³-hybridized carbons (Fsp3) is 0.375. The summed E-state index contributed by atoms with van der Waals surface area (Å²) in [7, 11) is 3.96. The molecule has 0 fully saturated rings. The summed E-state index contributed by atoms with van der Waals surface area (Å²) in [6, 6.07) is 7.81. The number of oxazole rings is 1. The lowest BCUT2D eigenvalue weighted by atomic mass is 10.2. The Morgan fingerprint density at radius 1 is 1.24 bits per heavy atom. The molecular formula is C16H20N2O3. The maximum atomic E-state index is 11.8. The molecule has 2 rings (SSSR count). The standard InChI is InChI=1S/C16H20N2O3/c1-5-13-14(16(19)20-6-2)21-15(17-13)11-7-9-12(10-8-11)18(3)4/h7-10H,5-6H2,1-4H3. The van der Waals surface area contributed by atoms with E-state index >= 15 is 0 Å². The van der Waals surface area contributed by atoms with Gasteiger partial charge < -0.3 is 14.1 Å². The van der Waals surface area contributed by atoms with Gasteiger partial charge in [-0.25, -0.2) is 9.78 Å². The second-order valence-corrected chi connectivity index (χ2v) is 4.81. The van der Waals surface area contributed by atoms with Crippen LogP contribution in [0.2, 0.25) is 0 Å². The normalized spacial score (nSPS) is 10.5. The lowest BCUT2D eigenvalue weighted by Gasteiger charge is -2.11. The SMILES string of the molecule is CCOC(=O)c1oc(-c2ccc(N(C)C)cc2)nc1CC. The number of esters is 1. The van der Waals surface area contributed by atoms with Gasteiger partial charge in [0.05, 0.1) is 12.3 Å². The number of hydrogen-bond donors (Lipinski definition) is 0. The average molecular weight is 288 g/mol. The van der Waals surface area contributed by atoms with Gasteiger partial charge in [0, 0.05) is 25.3 Å². The van der Waals surface area contributed by atoms with Gasteiger partial charge in [-0.15, -0.1) is 0 Å². The Morgan fingerprint density at radius 2 is 1.90 bits per heavy atom. The zero-order valence-electron chi connectivity index (χ0n) is 12.8. The van der Waals surface area contributed by atoms with E-state index in [-0.39, 0.29) is 5.76 Å². The Kier molecular flexibility index (Phi) is 4.62. The number of aromatic nitrogens is 1. The lowest BCUT2D eigenvalue weighted by Crippen LogP contribution is -2.07. The molecule has 0 atom stereocenters. The van der Waals surface area contributed by atoms with Gasteiger partial charge in [-0.2, -0.15) is 0 Å². The molecule has 0 spiro atoms. The van der Waals surface area contributed by atoms with Crippen molar-refractivity contribution in [1.29, 1.82) is 0 Å². The van der Waals surface area contributed by atoms with Gasteiger partial charge in [-0.05, 0) is 37.6 Å². The van der Waals surface area contributed by atoms with E-state index in [1.807, 2.05) is 50.2 Å². The third-order valence-corrected chi connectivity index (χ3v) is 3.12. The summed E-state index contributed by atoms with van der Waals surface area (Å²) in [5.74, 6) is 0.184. The van der Waals surface area contributed by atoms with Crippen LogP contribution in [-0.4, -0.2) is 31.7 Å². The molecule has 2 aromatic rings. The highest BCUT2D eigenvalue weighted by Gasteiger charge is 2.20. The fourth-order valence-corrected chi connectivity index (χ4v) is 1.97. The minimum atomic E-state index is -0.460. The molecule has 0 unspecified atom stereocenters. The number of benzene rings is 1. The molecule has 0 saturated carbocycles. The van der Waals surface area contributed by atoms with Crippen LogP contribution >= 0.6 is 0 Å². The molecule has 0 radical (unpaired) electrons. The van der Waals surface area contributed by atoms with Crippen LogP contribution in [0, 0.1) is 0 Å². The molecule has 5 heteroatoms. The van der Waals surface area contributed by atoms with Crippen LogP contribution in [0.25, 0.3) is 11.5 Å². The number of hydrogen-bond acceptors (Lipinski definition) is 5. The zero-order chi connectivity index (χ0) is 15.4. The van der Waals surface area contributed by atoms with E-state index in [4.69, 9.17) is 9.15 Å². The van der Waals surface area contributed by atoms with Gasteiger partial charge in [0.1, 0.15) is 0 Å². The van der Waals surface area contributed by atoms with Crippen molar-refractivity contribution < 1.29 is 13.9 Å². The number of rotatable bonds is 5. The average Bonchev–Trinajstić information content (AvgIpc) is 2.92. The van der Waals surface area contributed by atoms with Crippen molar-refractivity contribution in [2.24, 2.45) is 0 Å². The molecular weight excluding hydrogens is 268 g/mol. The molecule has 1 aromatic heterocycles. The Hall–Kier alpha value is -2.30. The molecule has 0 saturated heterocycles. The molecule has 21 heavy (non-hydrogen) atoms. The summed E-state index contributed by atoms with van der Waals surface area (Å²) in [4.78, 5) is 18.3. The Bertz CT molecular complexity index is 615. The minimum absolute atomic E-state index is 0.200. The van der Waals surface area contributed by atoms with Crippen LogP contribution in [0.1, 0.15) is 30.1 Å². The van der Waals surface area contributed by atoms with Crippen LogP contribution in [0.5, 0.6) is 0 Å². The lowest BCUT2D eigenvalue weighted by molar-refractivity contribution is 0.0489. The van der Waals surface area contributed by atoms with Crippen LogP contribution in [-0.2, 0) is 11.2 Å². The summed E-state index contributed by atoms with van der Waals surface area (Å²) < 4.78 is 10.6. The monoisotopic (exact) mass is 288 g/mol. The van der Waals surface area contributed by atoms with E-state index in [0.717, 1.165) is 11.3 Å². The minimum Gasteiger partial charge on any atom is -0.460 e. The third kappa shape index (κ3) is 3.24. The van der Waals surface area contributed by atoms with E-state index in [0.29, 0.717) is 24.6 Å². The molecule has 0 N–H and O–H groups in total. The zero-order valence-corrected chi connectivity index (χ0v) is 12.8. The molecule has 0 aliphatic carbocycles. The van der Waals surface area contributed by atoms with Crippen molar-refractivity contribution >= 4 is 11.7 Å². The third-order valence-electron chi connectivity index (χ3n) is 3.12. The maximum absolute atomic E-state index is 11.8. The molecule has 112 valence electrons. The van der Waals surface area contributed by atoms with Crippen molar-refractivity contribution in [1.82, 2.24) is 4.98 Å². The summed E-state index contributed by atoms with van der Waals surface area (Å²) in [5, 5.41) is 0. The Balaban J connectivity index is 2.34. The summed E-state index contributed by atoms with van der Waals surface area (Å²) in [5.41, 5.74) is 2.55. The van der Waals surface area contributed by atoms with Gasteiger partial charge >= 0.3 is 5.97 Å². The first-order valence-corrected chi connectivity index (χ1v) is 7.01. The highest BCUT2D eigenvalue weighted by atomic mass is 16.5. The van der Waals surface area contributed by atoms with E-state index < -0.39 is 5.97 Å². The van der Waals surface area contributed by atoms with E-state index in [1.165, 1.54) is 0 Å². The molecule has 0 aliphatic rings. The van der Waals surface area contributed by atoms with Crippen molar-refractivity contribution in [3.8, 4) is 11.5 Å². The van der Waals surface area contributed by atoms with Crippen molar-refractivity contribution in [3.63, 3.8) is 0 Å². The number of ether oxygens (including phenoxy) is 1. The van der Waals surface area contributed by atoms with E-state index in [2.05, 4.69) is 4.98 Å². The van der Waals surface area contributed by atoms with Crippen LogP contribution in [0.4, 0.5) is 5.69 Å². The first-order valence-electron chi connectivity index (χ1n) is 7.01. The van der Waals surface area contributed by atoms with Crippen molar-refractivity contribution in [2.75, 3.05) is 25.6 Å². The van der Waals surface area contributed by atoms with E-state index in [1.54, 1.807) is 6.92 Å². The quantitative estimate of drug-likeness (QED) is 0.791. The number of nitrogens with zero attached hydrogens (tertiary/aromatic N) is 2. The number of carbonyl (C=O) groups is 1. The first kappa shape index (κ1) is 15.1. The summed E-state index contributed by atoms with van der Waals surface area (Å²) >= 11 is 0.